The molecule has 1 aromatic carbocycles. The number of aryl methyl sites for hydroxylation is 1. The van der Waals surface area contributed by atoms with Crippen molar-refractivity contribution in [2.45, 2.75) is 25.8 Å². The zero-order valence-corrected chi connectivity index (χ0v) is 17.7. The van der Waals surface area contributed by atoms with Gasteiger partial charge in [0, 0.05) is 30.6 Å². The second-order valence-electron chi connectivity index (χ2n) is 7.20. The van der Waals surface area contributed by atoms with Gasteiger partial charge in [0.1, 0.15) is 0 Å². The third-order valence-corrected chi connectivity index (χ3v) is 6.04. The molecule has 2 heterocycles. The SMILES string of the molecule is Cc1ccc(N2C(=O)C[C@@H](C(=O)OCC(=O)N(C)CCC#N)[C@@H]2c2cccs2)cc1. The van der Waals surface area contributed by atoms with Gasteiger partial charge in [0.05, 0.1) is 24.4 Å². The van der Waals surface area contributed by atoms with Gasteiger partial charge in [0.25, 0.3) is 5.91 Å². The minimum Gasteiger partial charge on any atom is -0.455 e. The predicted octanol–water partition coefficient (Wildman–Crippen LogP) is 3.07. The molecule has 0 unspecified atom stereocenters. The number of amides is 2. The van der Waals surface area contributed by atoms with Crippen molar-refractivity contribution in [1.29, 1.82) is 5.26 Å². The number of esters is 1. The van der Waals surface area contributed by atoms with E-state index >= 15 is 0 Å². The fourth-order valence-electron chi connectivity index (χ4n) is 3.43. The van der Waals surface area contributed by atoms with Crippen LogP contribution in [0.15, 0.2) is 41.8 Å². The summed E-state index contributed by atoms with van der Waals surface area (Å²) in [7, 11) is 1.56. The number of rotatable bonds is 7. The molecule has 1 saturated heterocycles. The van der Waals surface area contributed by atoms with Crippen molar-refractivity contribution in [1.82, 2.24) is 4.90 Å². The third kappa shape index (κ3) is 4.69. The Kier molecular flexibility index (Phi) is 6.85. The number of hydrogen-bond acceptors (Lipinski definition) is 6. The molecule has 156 valence electrons. The van der Waals surface area contributed by atoms with E-state index < -0.39 is 24.5 Å². The molecule has 0 N–H and O–H groups in total. The van der Waals surface area contributed by atoms with E-state index in [1.54, 1.807) is 11.9 Å². The lowest BCUT2D eigenvalue weighted by atomic mass is 9.99. The second-order valence-corrected chi connectivity index (χ2v) is 8.18. The molecule has 3 rings (SSSR count). The van der Waals surface area contributed by atoms with Crippen molar-refractivity contribution in [2.75, 3.05) is 25.1 Å². The molecule has 2 amide bonds. The summed E-state index contributed by atoms with van der Waals surface area (Å²) in [6, 6.07) is 12.9. The van der Waals surface area contributed by atoms with E-state index in [4.69, 9.17) is 10.00 Å². The maximum Gasteiger partial charge on any atom is 0.312 e. The molecule has 7 nitrogen and oxygen atoms in total. The molecular weight excluding hydrogens is 402 g/mol. The van der Waals surface area contributed by atoms with Crippen molar-refractivity contribution < 1.29 is 19.1 Å². The van der Waals surface area contributed by atoms with Gasteiger partial charge in [-0.3, -0.25) is 14.4 Å². The summed E-state index contributed by atoms with van der Waals surface area (Å²) in [5.74, 6) is -1.81. The van der Waals surface area contributed by atoms with Crippen molar-refractivity contribution >= 4 is 34.8 Å². The number of likely N-dealkylation sites (N-methyl/N-ethyl adjacent to an activating group) is 1. The fourth-order valence-corrected chi connectivity index (χ4v) is 4.31. The molecule has 0 aliphatic carbocycles. The highest BCUT2D eigenvalue weighted by molar-refractivity contribution is 7.10. The maximum atomic E-state index is 12.9. The first-order valence-electron chi connectivity index (χ1n) is 9.62. The molecule has 8 heteroatoms. The van der Waals surface area contributed by atoms with E-state index in [-0.39, 0.29) is 31.2 Å². The highest BCUT2D eigenvalue weighted by atomic mass is 32.1. The van der Waals surface area contributed by atoms with Gasteiger partial charge in [-0.2, -0.15) is 5.26 Å². The van der Waals surface area contributed by atoms with E-state index in [0.29, 0.717) is 0 Å². The number of thiophene rings is 1. The number of benzene rings is 1. The maximum absolute atomic E-state index is 12.9. The first kappa shape index (κ1) is 21.5. The summed E-state index contributed by atoms with van der Waals surface area (Å²) in [6.07, 6.45) is 0.229. The van der Waals surface area contributed by atoms with Crippen LogP contribution in [0.25, 0.3) is 0 Å². The van der Waals surface area contributed by atoms with E-state index in [1.807, 2.05) is 54.8 Å². The summed E-state index contributed by atoms with van der Waals surface area (Å²) in [6.45, 7) is 1.83. The zero-order chi connectivity index (χ0) is 21.7. The van der Waals surface area contributed by atoms with E-state index in [0.717, 1.165) is 16.1 Å². The van der Waals surface area contributed by atoms with E-state index in [9.17, 15) is 14.4 Å². The Bertz CT molecular complexity index is 950. The van der Waals surface area contributed by atoms with Gasteiger partial charge >= 0.3 is 5.97 Å². The molecule has 0 bridgehead atoms. The van der Waals surface area contributed by atoms with Gasteiger partial charge in [-0.05, 0) is 30.5 Å². The summed E-state index contributed by atoms with van der Waals surface area (Å²) in [4.78, 5) is 41.7. The minimum atomic E-state index is -0.699. The summed E-state index contributed by atoms with van der Waals surface area (Å²) in [5, 5.41) is 10.5. The molecule has 1 aliphatic rings. The Morgan fingerprint density at radius 3 is 2.67 bits per heavy atom. The van der Waals surface area contributed by atoms with Crippen molar-refractivity contribution in [2.24, 2.45) is 5.92 Å². The first-order chi connectivity index (χ1) is 14.4. The summed E-state index contributed by atoms with van der Waals surface area (Å²) in [5.41, 5.74) is 1.81. The molecular formula is C22H23N3O4S. The van der Waals surface area contributed by atoms with Gasteiger partial charge in [0.15, 0.2) is 6.61 Å². The smallest absolute Gasteiger partial charge is 0.312 e. The Morgan fingerprint density at radius 1 is 1.30 bits per heavy atom. The van der Waals surface area contributed by atoms with Crippen LogP contribution in [0.5, 0.6) is 0 Å². The quantitative estimate of drug-likeness (QED) is 0.636. The number of carbonyl (C=O) groups is 3. The van der Waals surface area contributed by atoms with Crippen LogP contribution in [0.2, 0.25) is 0 Å². The monoisotopic (exact) mass is 425 g/mol. The second kappa shape index (κ2) is 9.55. The number of anilines is 1. The summed E-state index contributed by atoms with van der Waals surface area (Å²) < 4.78 is 5.28. The molecule has 1 fully saturated rings. The minimum absolute atomic E-state index is 0.0216. The fraction of sp³-hybridized carbons (Fsp3) is 0.364. The Balaban J connectivity index is 1.77. The van der Waals surface area contributed by atoms with Crippen LogP contribution in [0.1, 0.15) is 29.3 Å². The number of nitriles is 1. The number of hydrogen-bond donors (Lipinski definition) is 0. The van der Waals surface area contributed by atoms with Crippen LogP contribution in [-0.4, -0.2) is 42.9 Å². The molecule has 2 atom stereocenters. The Labute approximate surface area is 179 Å². The lowest BCUT2D eigenvalue weighted by Gasteiger charge is -2.27. The van der Waals surface area contributed by atoms with Crippen LogP contribution in [0.4, 0.5) is 5.69 Å². The van der Waals surface area contributed by atoms with Crippen LogP contribution >= 0.6 is 11.3 Å². The summed E-state index contributed by atoms with van der Waals surface area (Å²) >= 11 is 1.48. The van der Waals surface area contributed by atoms with Gasteiger partial charge in [-0.1, -0.05) is 23.8 Å². The van der Waals surface area contributed by atoms with Crippen molar-refractivity contribution in [3.8, 4) is 6.07 Å². The lowest BCUT2D eigenvalue weighted by molar-refractivity contribution is -0.155. The molecule has 0 radical (unpaired) electrons. The van der Waals surface area contributed by atoms with Crippen molar-refractivity contribution in [3.05, 3.63) is 52.2 Å². The van der Waals surface area contributed by atoms with Crippen molar-refractivity contribution in [3.63, 3.8) is 0 Å². The largest absolute Gasteiger partial charge is 0.455 e. The molecule has 1 aliphatic heterocycles. The van der Waals surface area contributed by atoms with Gasteiger partial charge < -0.3 is 14.5 Å². The number of carbonyl (C=O) groups excluding carboxylic acids is 3. The molecule has 0 saturated carbocycles. The highest BCUT2D eigenvalue weighted by Crippen LogP contribution is 2.43. The highest BCUT2D eigenvalue weighted by Gasteiger charge is 2.46. The van der Waals surface area contributed by atoms with Crippen LogP contribution in [-0.2, 0) is 19.1 Å². The molecule has 0 spiro atoms. The van der Waals surface area contributed by atoms with E-state index in [1.165, 1.54) is 16.2 Å². The molecule has 2 aromatic rings. The number of ether oxygens (including phenoxy) is 1. The van der Waals surface area contributed by atoms with Crippen LogP contribution in [0, 0.1) is 24.2 Å². The van der Waals surface area contributed by atoms with Gasteiger partial charge in [-0.15, -0.1) is 11.3 Å². The van der Waals surface area contributed by atoms with Crippen LogP contribution in [0.3, 0.4) is 0 Å². The average Bonchev–Trinajstić information content (AvgIpc) is 3.38. The normalized spacial score (nSPS) is 18.2. The standard InChI is InChI=1S/C22H23N3O4S/c1-15-6-8-16(9-7-15)25-19(26)13-17(21(25)18-5-3-12-30-18)22(28)29-14-20(27)24(2)11-4-10-23/h3,5-9,12,17,21H,4,11,13-14H2,1-2H3/t17-,21-/m1/s1. The van der Waals surface area contributed by atoms with Crippen LogP contribution < -0.4 is 4.90 Å². The third-order valence-electron chi connectivity index (χ3n) is 5.09. The van der Waals surface area contributed by atoms with Gasteiger partial charge in [0.2, 0.25) is 5.91 Å². The first-order valence-corrected chi connectivity index (χ1v) is 10.5. The lowest BCUT2D eigenvalue weighted by Crippen LogP contribution is -2.34. The Hall–Kier alpha value is -3.18. The number of nitrogens with zero attached hydrogens (tertiary/aromatic N) is 3. The van der Waals surface area contributed by atoms with Gasteiger partial charge in [-0.25, -0.2) is 0 Å². The molecule has 30 heavy (non-hydrogen) atoms. The Morgan fingerprint density at radius 2 is 2.03 bits per heavy atom. The predicted molar refractivity (Wildman–Crippen MR) is 113 cm³/mol. The van der Waals surface area contributed by atoms with E-state index in [2.05, 4.69) is 0 Å². The topological polar surface area (TPSA) is 90.7 Å². The molecule has 1 aromatic heterocycles. The zero-order valence-electron chi connectivity index (χ0n) is 16.9. The average molecular weight is 426 g/mol.